The molecule has 0 unspecified atom stereocenters. The summed E-state index contributed by atoms with van der Waals surface area (Å²) in [6, 6.07) is 11.4. The number of para-hydroxylation sites is 2. The highest BCUT2D eigenvalue weighted by molar-refractivity contribution is 5.78. The zero-order valence-electron chi connectivity index (χ0n) is 15.3. The zero-order valence-corrected chi connectivity index (χ0v) is 15.3. The molecule has 0 aliphatic rings. The highest BCUT2D eigenvalue weighted by Crippen LogP contribution is 2.28. The van der Waals surface area contributed by atoms with Crippen LogP contribution in [0, 0.1) is 0 Å². The number of rotatable bonds is 4. The minimum Gasteiger partial charge on any atom is -0.383 e. The Bertz CT molecular complexity index is 1170. The molecular weight excluding hydrogens is 383 g/mol. The summed E-state index contributed by atoms with van der Waals surface area (Å²) in [7, 11) is 0. The van der Waals surface area contributed by atoms with E-state index in [0.717, 1.165) is 29.1 Å². The molecule has 3 aromatic heterocycles. The van der Waals surface area contributed by atoms with Crippen molar-refractivity contribution in [3.8, 4) is 5.82 Å². The van der Waals surface area contributed by atoms with E-state index in [1.54, 1.807) is 6.07 Å². The monoisotopic (exact) mass is 399 g/mol. The van der Waals surface area contributed by atoms with Crippen LogP contribution < -0.4 is 11.1 Å². The Morgan fingerprint density at radius 1 is 1.07 bits per heavy atom. The summed E-state index contributed by atoms with van der Waals surface area (Å²) in [6.07, 6.45) is -2.76. The van der Waals surface area contributed by atoms with E-state index in [-0.39, 0.29) is 11.8 Å². The van der Waals surface area contributed by atoms with E-state index in [4.69, 9.17) is 5.73 Å². The minimum absolute atomic E-state index is 0.140. The van der Waals surface area contributed by atoms with Gasteiger partial charge in [0.2, 0.25) is 5.95 Å². The fraction of sp³-hybridized carbons (Fsp3) is 0.158. The van der Waals surface area contributed by atoms with Crippen molar-refractivity contribution < 1.29 is 13.2 Å². The predicted octanol–water partition coefficient (Wildman–Crippen LogP) is 4.12. The Morgan fingerprint density at radius 3 is 2.55 bits per heavy atom. The maximum atomic E-state index is 12.7. The van der Waals surface area contributed by atoms with E-state index in [1.165, 1.54) is 6.07 Å². The van der Waals surface area contributed by atoms with Gasteiger partial charge in [0, 0.05) is 12.5 Å². The van der Waals surface area contributed by atoms with Crippen molar-refractivity contribution in [3.63, 3.8) is 0 Å². The molecule has 0 radical (unpaired) electrons. The van der Waals surface area contributed by atoms with Crippen LogP contribution in [0.2, 0.25) is 0 Å². The van der Waals surface area contributed by atoms with E-state index < -0.39 is 11.9 Å². The lowest BCUT2D eigenvalue weighted by Crippen LogP contribution is -2.09. The van der Waals surface area contributed by atoms with E-state index in [0.29, 0.717) is 17.9 Å². The first-order chi connectivity index (χ1) is 13.8. The Hall–Kier alpha value is -3.69. The second kappa shape index (κ2) is 7.04. The van der Waals surface area contributed by atoms with E-state index in [1.807, 2.05) is 35.8 Å². The number of anilines is 3. The molecule has 4 aromatic rings. The molecule has 0 aliphatic heterocycles. The summed E-state index contributed by atoms with van der Waals surface area (Å²) in [6.45, 7) is 1.98. The van der Waals surface area contributed by atoms with Crippen LogP contribution >= 0.6 is 0 Å². The Balaban J connectivity index is 1.72. The van der Waals surface area contributed by atoms with Gasteiger partial charge >= 0.3 is 6.18 Å². The van der Waals surface area contributed by atoms with Crippen LogP contribution in [0.1, 0.15) is 18.4 Å². The number of hydrogen-bond acceptors (Lipinski definition) is 6. The number of hydrogen-bond donors (Lipinski definition) is 2. The number of pyridine rings is 1. The summed E-state index contributed by atoms with van der Waals surface area (Å²) in [5.41, 5.74) is 6.96. The molecule has 29 heavy (non-hydrogen) atoms. The highest BCUT2D eigenvalue weighted by atomic mass is 19.4. The fourth-order valence-electron chi connectivity index (χ4n) is 2.96. The van der Waals surface area contributed by atoms with Gasteiger partial charge in [0.1, 0.15) is 23.2 Å². The minimum atomic E-state index is -4.50. The van der Waals surface area contributed by atoms with Crippen LogP contribution in [-0.2, 0) is 12.6 Å². The summed E-state index contributed by atoms with van der Waals surface area (Å²) in [5, 5.41) is 2.85. The first-order valence-electron chi connectivity index (χ1n) is 8.76. The van der Waals surface area contributed by atoms with Crippen LogP contribution in [-0.4, -0.2) is 24.5 Å². The van der Waals surface area contributed by atoms with Crippen molar-refractivity contribution in [2.24, 2.45) is 0 Å². The van der Waals surface area contributed by atoms with Gasteiger partial charge in [0.05, 0.1) is 22.9 Å². The van der Waals surface area contributed by atoms with Crippen LogP contribution in [0.3, 0.4) is 0 Å². The Labute approximate surface area is 163 Å². The van der Waals surface area contributed by atoms with Crippen LogP contribution in [0.25, 0.3) is 16.9 Å². The molecule has 0 bridgehead atoms. The van der Waals surface area contributed by atoms with Gasteiger partial charge < -0.3 is 11.1 Å². The van der Waals surface area contributed by atoms with Gasteiger partial charge in [-0.05, 0) is 24.3 Å². The number of imidazole rings is 1. The van der Waals surface area contributed by atoms with Crippen molar-refractivity contribution in [2.75, 3.05) is 11.1 Å². The Kier molecular flexibility index (Phi) is 4.53. The molecule has 0 saturated heterocycles. The maximum Gasteiger partial charge on any atom is 0.433 e. The van der Waals surface area contributed by atoms with Crippen molar-refractivity contribution in [1.82, 2.24) is 24.5 Å². The average Bonchev–Trinajstić information content (AvgIpc) is 3.06. The smallest absolute Gasteiger partial charge is 0.383 e. The first kappa shape index (κ1) is 18.7. The fourth-order valence-corrected chi connectivity index (χ4v) is 2.96. The van der Waals surface area contributed by atoms with Gasteiger partial charge in [-0.2, -0.15) is 23.1 Å². The number of fused-ring (bicyclic) bond motifs is 1. The third kappa shape index (κ3) is 3.68. The SMILES string of the molecule is CCc1nc2ccccc2n1-c1cc(N)nc(Nc2ccc(C(F)(F)F)nc2)n1. The molecule has 148 valence electrons. The van der Waals surface area contributed by atoms with Crippen molar-refractivity contribution in [3.05, 3.63) is 60.2 Å². The van der Waals surface area contributed by atoms with Gasteiger partial charge in [-0.15, -0.1) is 0 Å². The standard InChI is InChI=1S/C19H16F3N7/c1-2-16-26-12-5-3-4-6-13(12)29(16)17-9-15(23)27-18(28-17)25-11-7-8-14(24-10-11)19(20,21)22/h3-10H,2H2,1H3,(H3,23,25,27,28). The van der Waals surface area contributed by atoms with Crippen molar-refractivity contribution in [1.29, 1.82) is 0 Å². The second-order valence-electron chi connectivity index (χ2n) is 6.24. The molecule has 1 aromatic carbocycles. The van der Waals surface area contributed by atoms with E-state index in [9.17, 15) is 13.2 Å². The molecule has 0 fully saturated rings. The number of nitrogens with zero attached hydrogens (tertiary/aromatic N) is 5. The van der Waals surface area contributed by atoms with Gasteiger partial charge in [-0.1, -0.05) is 19.1 Å². The average molecular weight is 399 g/mol. The predicted molar refractivity (Wildman–Crippen MR) is 103 cm³/mol. The van der Waals surface area contributed by atoms with Crippen molar-refractivity contribution in [2.45, 2.75) is 19.5 Å². The van der Waals surface area contributed by atoms with E-state index >= 15 is 0 Å². The maximum absolute atomic E-state index is 12.7. The number of aromatic nitrogens is 5. The normalized spacial score (nSPS) is 11.7. The molecule has 0 atom stereocenters. The lowest BCUT2D eigenvalue weighted by Gasteiger charge is -2.11. The molecule has 10 heteroatoms. The number of nitrogens with one attached hydrogen (secondary N) is 1. The molecule has 0 amide bonds. The molecule has 0 aliphatic carbocycles. The largest absolute Gasteiger partial charge is 0.433 e. The van der Waals surface area contributed by atoms with E-state index in [2.05, 4.69) is 25.3 Å². The first-order valence-corrected chi connectivity index (χ1v) is 8.76. The number of nitrogens with two attached hydrogens (primary N) is 1. The molecule has 0 spiro atoms. The third-order valence-corrected chi connectivity index (χ3v) is 4.22. The number of aryl methyl sites for hydroxylation is 1. The highest BCUT2D eigenvalue weighted by Gasteiger charge is 2.32. The lowest BCUT2D eigenvalue weighted by molar-refractivity contribution is -0.141. The second-order valence-corrected chi connectivity index (χ2v) is 6.24. The van der Waals surface area contributed by atoms with Gasteiger partial charge in [-0.3, -0.25) is 4.57 Å². The quantitative estimate of drug-likeness (QED) is 0.536. The Morgan fingerprint density at radius 2 is 1.86 bits per heavy atom. The molecular formula is C19H16F3N7. The molecule has 3 heterocycles. The summed E-state index contributed by atoms with van der Waals surface area (Å²) >= 11 is 0. The number of halogens is 3. The van der Waals surface area contributed by atoms with Crippen LogP contribution in [0.4, 0.5) is 30.6 Å². The number of alkyl halides is 3. The van der Waals surface area contributed by atoms with Crippen LogP contribution in [0.15, 0.2) is 48.7 Å². The van der Waals surface area contributed by atoms with Gasteiger partial charge in [-0.25, -0.2) is 9.97 Å². The summed E-state index contributed by atoms with van der Waals surface area (Å²) in [5.74, 6) is 1.65. The number of benzene rings is 1. The summed E-state index contributed by atoms with van der Waals surface area (Å²) < 4.78 is 39.9. The molecule has 0 saturated carbocycles. The third-order valence-electron chi connectivity index (χ3n) is 4.22. The van der Waals surface area contributed by atoms with Gasteiger partial charge in [0.25, 0.3) is 0 Å². The molecule has 3 N–H and O–H groups in total. The van der Waals surface area contributed by atoms with Crippen LogP contribution in [0.5, 0.6) is 0 Å². The summed E-state index contributed by atoms with van der Waals surface area (Å²) in [4.78, 5) is 16.6. The van der Waals surface area contributed by atoms with Gasteiger partial charge in [0.15, 0.2) is 0 Å². The zero-order chi connectivity index (χ0) is 20.6. The lowest BCUT2D eigenvalue weighted by atomic mass is 10.3. The molecule has 7 nitrogen and oxygen atoms in total. The topological polar surface area (TPSA) is 94.5 Å². The van der Waals surface area contributed by atoms with Crippen molar-refractivity contribution >= 4 is 28.5 Å². The number of nitrogen functional groups attached to an aromatic ring is 1. The molecule has 4 rings (SSSR count).